The first kappa shape index (κ1) is 12.1. The maximum atomic E-state index is 13.6. The first-order valence-electron chi connectivity index (χ1n) is 5.56. The molecule has 17 heavy (non-hydrogen) atoms. The third kappa shape index (κ3) is 2.86. The molecule has 0 amide bonds. The molecule has 0 saturated carbocycles. The van der Waals surface area contributed by atoms with Gasteiger partial charge in [-0.25, -0.2) is 4.39 Å². The highest BCUT2D eigenvalue weighted by atomic mass is 35.5. The molecule has 88 valence electrons. The smallest absolute Gasteiger partial charge is 0.126 e. The van der Waals surface area contributed by atoms with Crippen LogP contribution < -0.4 is 0 Å². The molecule has 2 aromatic carbocycles. The molecule has 0 aliphatic rings. The van der Waals surface area contributed by atoms with Gasteiger partial charge >= 0.3 is 0 Å². The van der Waals surface area contributed by atoms with E-state index in [2.05, 4.69) is 0 Å². The number of benzene rings is 2. The van der Waals surface area contributed by atoms with Crippen molar-refractivity contribution < 1.29 is 4.39 Å². The van der Waals surface area contributed by atoms with Gasteiger partial charge in [0.25, 0.3) is 0 Å². The highest BCUT2D eigenvalue weighted by Crippen LogP contribution is 2.20. The van der Waals surface area contributed by atoms with Gasteiger partial charge in [-0.15, -0.1) is 0 Å². The molecule has 0 N–H and O–H groups in total. The summed E-state index contributed by atoms with van der Waals surface area (Å²) in [4.78, 5) is 0. The Kier molecular flexibility index (Phi) is 3.49. The van der Waals surface area contributed by atoms with Crippen molar-refractivity contribution in [3.05, 3.63) is 69.5 Å². The van der Waals surface area contributed by atoms with Crippen LogP contribution in [0.15, 0.2) is 36.4 Å². The minimum absolute atomic E-state index is 0.150. The fourth-order valence-electron chi connectivity index (χ4n) is 1.88. The predicted octanol–water partition coefficient (Wildman–Crippen LogP) is 4.69. The lowest BCUT2D eigenvalue weighted by molar-refractivity contribution is 0.613. The molecule has 0 saturated heterocycles. The van der Waals surface area contributed by atoms with E-state index in [1.807, 2.05) is 38.1 Å². The molecule has 0 spiro atoms. The van der Waals surface area contributed by atoms with Crippen LogP contribution >= 0.6 is 11.6 Å². The fraction of sp³-hybridized carbons (Fsp3) is 0.200. The van der Waals surface area contributed by atoms with Crippen molar-refractivity contribution in [1.29, 1.82) is 0 Å². The van der Waals surface area contributed by atoms with Crippen LogP contribution in [-0.4, -0.2) is 0 Å². The van der Waals surface area contributed by atoms with Gasteiger partial charge in [0.1, 0.15) is 5.82 Å². The van der Waals surface area contributed by atoms with E-state index < -0.39 is 0 Å². The van der Waals surface area contributed by atoms with Gasteiger partial charge in [-0.2, -0.15) is 0 Å². The predicted molar refractivity (Wildman–Crippen MR) is 70.1 cm³/mol. The van der Waals surface area contributed by atoms with Gasteiger partial charge in [-0.3, -0.25) is 0 Å². The van der Waals surface area contributed by atoms with Crippen molar-refractivity contribution in [3.63, 3.8) is 0 Å². The van der Waals surface area contributed by atoms with Crippen molar-refractivity contribution in [1.82, 2.24) is 0 Å². The molecule has 0 aliphatic heterocycles. The Morgan fingerprint density at radius 2 is 1.82 bits per heavy atom. The third-order valence-electron chi connectivity index (χ3n) is 2.82. The quantitative estimate of drug-likeness (QED) is 0.724. The molecule has 0 aliphatic carbocycles. The summed E-state index contributed by atoms with van der Waals surface area (Å²) < 4.78 is 13.6. The second kappa shape index (κ2) is 4.89. The molecule has 2 rings (SSSR count). The molecule has 0 nitrogen and oxygen atoms in total. The summed E-state index contributed by atoms with van der Waals surface area (Å²) >= 11 is 5.97. The van der Waals surface area contributed by atoms with Crippen LogP contribution in [-0.2, 0) is 6.42 Å². The van der Waals surface area contributed by atoms with Crippen LogP contribution in [0.25, 0.3) is 0 Å². The van der Waals surface area contributed by atoms with Gasteiger partial charge in [0, 0.05) is 11.4 Å². The zero-order valence-electron chi connectivity index (χ0n) is 9.93. The first-order chi connectivity index (χ1) is 8.06. The molecule has 0 atom stereocenters. The van der Waals surface area contributed by atoms with E-state index in [1.54, 1.807) is 6.07 Å². The molecule has 0 heterocycles. The first-order valence-corrected chi connectivity index (χ1v) is 5.94. The lowest BCUT2D eigenvalue weighted by Gasteiger charge is -2.06. The minimum atomic E-state index is -0.150. The minimum Gasteiger partial charge on any atom is -0.207 e. The molecular weight excluding hydrogens is 235 g/mol. The Hall–Kier alpha value is -1.34. The second-order valence-electron chi connectivity index (χ2n) is 4.36. The van der Waals surface area contributed by atoms with Crippen LogP contribution in [0.3, 0.4) is 0 Å². The van der Waals surface area contributed by atoms with Gasteiger partial charge in [-0.1, -0.05) is 41.4 Å². The van der Waals surface area contributed by atoms with Gasteiger partial charge in [0.05, 0.1) is 0 Å². The molecule has 0 bridgehead atoms. The van der Waals surface area contributed by atoms with E-state index in [-0.39, 0.29) is 5.82 Å². The Balaban J connectivity index is 2.31. The van der Waals surface area contributed by atoms with E-state index in [1.165, 1.54) is 6.07 Å². The molecule has 2 heteroatoms. The van der Waals surface area contributed by atoms with Crippen molar-refractivity contribution in [2.45, 2.75) is 20.3 Å². The molecule has 2 aromatic rings. The van der Waals surface area contributed by atoms with Gasteiger partial charge in [0.2, 0.25) is 0 Å². The summed E-state index contributed by atoms with van der Waals surface area (Å²) in [6, 6.07) is 11.0. The van der Waals surface area contributed by atoms with E-state index in [4.69, 9.17) is 11.6 Å². The SMILES string of the molecule is Cc1ccc(F)c(Cc2ccc(Cl)c(C)c2)c1. The van der Waals surface area contributed by atoms with Crippen LogP contribution in [0, 0.1) is 19.7 Å². The van der Waals surface area contributed by atoms with Crippen molar-refractivity contribution in [2.75, 3.05) is 0 Å². The number of halogens is 2. The van der Waals surface area contributed by atoms with Crippen LogP contribution in [0.5, 0.6) is 0 Å². The lowest BCUT2D eigenvalue weighted by Crippen LogP contribution is -1.94. The van der Waals surface area contributed by atoms with E-state index in [9.17, 15) is 4.39 Å². The number of hydrogen-bond donors (Lipinski definition) is 0. The summed E-state index contributed by atoms with van der Waals surface area (Å²) in [5.74, 6) is -0.150. The van der Waals surface area contributed by atoms with E-state index >= 15 is 0 Å². The Bertz CT molecular complexity index is 547. The zero-order valence-corrected chi connectivity index (χ0v) is 10.7. The molecule has 0 radical (unpaired) electrons. The summed E-state index contributed by atoms with van der Waals surface area (Å²) in [7, 11) is 0. The molecule has 0 aromatic heterocycles. The molecule has 0 fully saturated rings. The largest absolute Gasteiger partial charge is 0.207 e. The van der Waals surface area contributed by atoms with Crippen LogP contribution in [0.2, 0.25) is 5.02 Å². The number of rotatable bonds is 2. The van der Waals surface area contributed by atoms with Crippen molar-refractivity contribution in [2.24, 2.45) is 0 Å². The topological polar surface area (TPSA) is 0 Å². The summed E-state index contributed by atoms with van der Waals surface area (Å²) in [5, 5.41) is 0.749. The highest BCUT2D eigenvalue weighted by molar-refractivity contribution is 6.31. The maximum absolute atomic E-state index is 13.6. The Labute approximate surface area is 106 Å². The fourth-order valence-corrected chi connectivity index (χ4v) is 1.99. The summed E-state index contributed by atoms with van der Waals surface area (Å²) in [6.07, 6.45) is 0.603. The van der Waals surface area contributed by atoms with Crippen molar-refractivity contribution in [3.8, 4) is 0 Å². The second-order valence-corrected chi connectivity index (χ2v) is 4.76. The molecule has 0 unspecified atom stereocenters. The monoisotopic (exact) mass is 248 g/mol. The van der Waals surface area contributed by atoms with Crippen molar-refractivity contribution >= 4 is 11.6 Å². The third-order valence-corrected chi connectivity index (χ3v) is 3.24. The van der Waals surface area contributed by atoms with E-state index in [0.717, 1.165) is 27.3 Å². The standard InChI is InChI=1S/C15H14ClF/c1-10-3-6-15(17)13(7-10)9-12-4-5-14(16)11(2)8-12/h3-8H,9H2,1-2H3. The average Bonchev–Trinajstić information content (AvgIpc) is 2.29. The van der Waals surface area contributed by atoms with Gasteiger partial charge in [0.15, 0.2) is 0 Å². The number of aryl methyl sites for hydroxylation is 2. The van der Waals surface area contributed by atoms with Gasteiger partial charge in [-0.05, 0) is 42.7 Å². The number of hydrogen-bond acceptors (Lipinski definition) is 0. The normalized spacial score (nSPS) is 10.6. The maximum Gasteiger partial charge on any atom is 0.126 e. The van der Waals surface area contributed by atoms with Crippen LogP contribution in [0.1, 0.15) is 22.3 Å². The zero-order chi connectivity index (χ0) is 12.4. The van der Waals surface area contributed by atoms with E-state index in [0.29, 0.717) is 6.42 Å². The Morgan fingerprint density at radius 3 is 2.53 bits per heavy atom. The molecular formula is C15H14ClF. The average molecular weight is 249 g/mol. The Morgan fingerprint density at radius 1 is 1.06 bits per heavy atom. The van der Waals surface area contributed by atoms with Gasteiger partial charge < -0.3 is 0 Å². The summed E-state index contributed by atoms with van der Waals surface area (Å²) in [6.45, 7) is 3.93. The van der Waals surface area contributed by atoms with Crippen LogP contribution in [0.4, 0.5) is 4.39 Å². The summed E-state index contributed by atoms with van der Waals surface area (Å²) in [5.41, 5.74) is 3.91. The highest BCUT2D eigenvalue weighted by Gasteiger charge is 2.04. The lowest BCUT2D eigenvalue weighted by atomic mass is 10.0.